The van der Waals surface area contributed by atoms with Gasteiger partial charge in [-0.3, -0.25) is 0 Å². The summed E-state index contributed by atoms with van der Waals surface area (Å²) in [4.78, 5) is 17.6. The Bertz CT molecular complexity index is 1320. The first-order valence-corrected chi connectivity index (χ1v) is 15.5. The van der Waals surface area contributed by atoms with E-state index in [2.05, 4.69) is 29.2 Å². The second-order valence-electron chi connectivity index (χ2n) is 11.4. The molecule has 3 atom stereocenters. The molecule has 0 unspecified atom stereocenters. The molecule has 2 heterocycles. The van der Waals surface area contributed by atoms with E-state index in [0.29, 0.717) is 32.7 Å². The van der Waals surface area contributed by atoms with E-state index >= 15 is 0 Å². The standard InChI is InChI=1S/C35H45N3O6/c1-40-19-6-17-37-18-20-42-33-14-9-27(21-32(33)37)25-43-34-23-38(35(39)44-24-26-7-4-3-5-8-26)29(15-16-36)22-31(34)28-10-12-30(41-2)13-11-28/h3-5,7-14,21,29,31,34H,6,15-20,22-25,36H2,1-2H3/t29-,31-,34+/m1/s1. The van der Waals surface area contributed by atoms with Crippen molar-refractivity contribution < 1.29 is 28.5 Å². The third-order valence-corrected chi connectivity index (χ3v) is 8.50. The molecular weight excluding hydrogens is 558 g/mol. The number of rotatable bonds is 13. The number of ether oxygens (including phenoxy) is 5. The molecule has 1 fully saturated rings. The van der Waals surface area contributed by atoms with Crippen LogP contribution < -0.4 is 20.1 Å². The van der Waals surface area contributed by atoms with Gasteiger partial charge >= 0.3 is 6.09 Å². The lowest BCUT2D eigenvalue weighted by Gasteiger charge is -2.43. The third-order valence-electron chi connectivity index (χ3n) is 8.50. The van der Waals surface area contributed by atoms with Gasteiger partial charge in [0, 0.05) is 32.2 Å². The van der Waals surface area contributed by atoms with Gasteiger partial charge in [0.2, 0.25) is 0 Å². The summed E-state index contributed by atoms with van der Waals surface area (Å²) in [5.74, 6) is 1.77. The van der Waals surface area contributed by atoms with Crippen LogP contribution in [0.25, 0.3) is 0 Å². The summed E-state index contributed by atoms with van der Waals surface area (Å²) in [6.07, 6.45) is 1.77. The van der Waals surface area contributed by atoms with E-state index in [0.717, 1.165) is 66.4 Å². The second-order valence-corrected chi connectivity index (χ2v) is 11.4. The lowest BCUT2D eigenvalue weighted by molar-refractivity contribution is -0.0421. The minimum Gasteiger partial charge on any atom is -0.497 e. The van der Waals surface area contributed by atoms with Crippen molar-refractivity contribution in [2.45, 2.75) is 50.5 Å². The molecular formula is C35H45N3O6. The molecule has 0 bridgehead atoms. The fourth-order valence-electron chi connectivity index (χ4n) is 6.15. The summed E-state index contributed by atoms with van der Waals surface area (Å²) in [7, 11) is 3.40. The van der Waals surface area contributed by atoms with Crippen LogP contribution in [-0.4, -0.2) is 76.8 Å². The topological polar surface area (TPSA) is 95.7 Å². The highest BCUT2D eigenvalue weighted by Gasteiger charge is 2.39. The number of benzene rings is 3. The molecule has 0 aliphatic carbocycles. The Balaban J connectivity index is 1.34. The average Bonchev–Trinajstić information content (AvgIpc) is 3.07. The van der Waals surface area contributed by atoms with Crippen LogP contribution >= 0.6 is 0 Å². The smallest absolute Gasteiger partial charge is 0.410 e. The number of amides is 1. The molecule has 0 saturated carbocycles. The molecule has 0 radical (unpaired) electrons. The van der Waals surface area contributed by atoms with Gasteiger partial charge in [-0.1, -0.05) is 48.5 Å². The normalized spacial score (nSPS) is 19.7. The number of methoxy groups -OCH3 is 2. The number of carbonyl (C=O) groups excluding carboxylic acids is 1. The number of likely N-dealkylation sites (tertiary alicyclic amines) is 1. The maximum atomic E-state index is 13.5. The van der Waals surface area contributed by atoms with Crippen molar-refractivity contribution in [1.29, 1.82) is 0 Å². The molecule has 0 aromatic heterocycles. The largest absolute Gasteiger partial charge is 0.497 e. The first-order chi connectivity index (χ1) is 21.6. The number of anilines is 1. The minimum atomic E-state index is -0.341. The van der Waals surface area contributed by atoms with Crippen molar-refractivity contribution in [2.24, 2.45) is 5.73 Å². The van der Waals surface area contributed by atoms with Crippen molar-refractivity contribution in [3.63, 3.8) is 0 Å². The van der Waals surface area contributed by atoms with Crippen LogP contribution in [-0.2, 0) is 27.4 Å². The van der Waals surface area contributed by atoms with Crippen LogP contribution in [0.5, 0.6) is 11.5 Å². The summed E-state index contributed by atoms with van der Waals surface area (Å²) in [6.45, 7) is 4.65. The van der Waals surface area contributed by atoms with Gasteiger partial charge in [-0.15, -0.1) is 0 Å². The number of carbonyl (C=O) groups is 1. The van der Waals surface area contributed by atoms with Crippen LogP contribution in [0.1, 0.15) is 41.9 Å². The van der Waals surface area contributed by atoms with Crippen LogP contribution in [0, 0.1) is 0 Å². The van der Waals surface area contributed by atoms with E-state index in [9.17, 15) is 4.79 Å². The Morgan fingerprint density at radius 3 is 2.57 bits per heavy atom. The van der Waals surface area contributed by atoms with Crippen molar-refractivity contribution in [1.82, 2.24) is 4.90 Å². The van der Waals surface area contributed by atoms with Gasteiger partial charge in [-0.05, 0) is 66.8 Å². The highest BCUT2D eigenvalue weighted by atomic mass is 16.6. The Morgan fingerprint density at radius 2 is 1.82 bits per heavy atom. The van der Waals surface area contributed by atoms with Gasteiger partial charge in [0.05, 0.1) is 38.6 Å². The van der Waals surface area contributed by atoms with E-state index in [4.69, 9.17) is 29.4 Å². The zero-order valence-corrected chi connectivity index (χ0v) is 25.9. The summed E-state index contributed by atoms with van der Waals surface area (Å²) >= 11 is 0. The Hall–Kier alpha value is -3.79. The third kappa shape index (κ3) is 8.02. The SMILES string of the molecule is COCCCN1CCOc2ccc(CO[C@H]3CN(C(=O)OCc4ccccc4)[C@H](CCN)C[C@@H]3c3ccc(OC)cc3)cc21. The fourth-order valence-corrected chi connectivity index (χ4v) is 6.15. The lowest BCUT2D eigenvalue weighted by atomic mass is 9.82. The monoisotopic (exact) mass is 603 g/mol. The van der Waals surface area contributed by atoms with Gasteiger partial charge in [-0.2, -0.15) is 0 Å². The molecule has 2 N–H and O–H groups in total. The summed E-state index contributed by atoms with van der Waals surface area (Å²) in [5, 5.41) is 0. The summed E-state index contributed by atoms with van der Waals surface area (Å²) < 4.78 is 29.1. The maximum absolute atomic E-state index is 13.5. The maximum Gasteiger partial charge on any atom is 0.410 e. The first-order valence-electron chi connectivity index (χ1n) is 15.5. The molecule has 44 heavy (non-hydrogen) atoms. The van der Waals surface area contributed by atoms with Crippen LogP contribution in [0.3, 0.4) is 0 Å². The minimum absolute atomic E-state index is 0.0585. The second kappa shape index (κ2) is 15.8. The van der Waals surface area contributed by atoms with E-state index in [1.807, 2.05) is 53.4 Å². The number of hydrogen-bond donors (Lipinski definition) is 1. The highest BCUT2D eigenvalue weighted by molar-refractivity contribution is 5.68. The Morgan fingerprint density at radius 1 is 1.00 bits per heavy atom. The Kier molecular flexibility index (Phi) is 11.4. The molecule has 0 spiro atoms. The predicted molar refractivity (Wildman–Crippen MR) is 170 cm³/mol. The zero-order valence-electron chi connectivity index (χ0n) is 25.9. The molecule has 1 saturated heterocycles. The summed E-state index contributed by atoms with van der Waals surface area (Å²) in [5.41, 5.74) is 10.3. The highest BCUT2D eigenvalue weighted by Crippen LogP contribution is 2.37. The summed E-state index contributed by atoms with van der Waals surface area (Å²) in [6, 6.07) is 24.1. The van der Waals surface area contributed by atoms with E-state index in [1.165, 1.54) is 0 Å². The Labute approximate surface area is 260 Å². The van der Waals surface area contributed by atoms with Gasteiger partial charge in [0.25, 0.3) is 0 Å². The molecule has 236 valence electrons. The lowest BCUT2D eigenvalue weighted by Crippen LogP contribution is -2.53. The molecule has 3 aromatic rings. The number of fused-ring (bicyclic) bond motifs is 1. The predicted octanol–water partition coefficient (Wildman–Crippen LogP) is 5.36. The number of nitrogens with two attached hydrogens (primary N) is 1. The van der Waals surface area contributed by atoms with Crippen LogP contribution in [0.15, 0.2) is 72.8 Å². The molecule has 3 aromatic carbocycles. The average molecular weight is 604 g/mol. The van der Waals surface area contributed by atoms with Crippen molar-refractivity contribution in [3.05, 3.63) is 89.5 Å². The van der Waals surface area contributed by atoms with E-state index in [-0.39, 0.29) is 30.8 Å². The van der Waals surface area contributed by atoms with Gasteiger partial charge < -0.3 is 39.2 Å². The first kappa shape index (κ1) is 31.6. The van der Waals surface area contributed by atoms with Crippen molar-refractivity contribution in [3.8, 4) is 11.5 Å². The van der Waals surface area contributed by atoms with Gasteiger partial charge in [0.15, 0.2) is 0 Å². The molecule has 2 aliphatic rings. The molecule has 9 heteroatoms. The van der Waals surface area contributed by atoms with Gasteiger partial charge in [-0.25, -0.2) is 4.79 Å². The number of hydrogen-bond acceptors (Lipinski definition) is 8. The molecule has 9 nitrogen and oxygen atoms in total. The van der Waals surface area contributed by atoms with E-state index in [1.54, 1.807) is 14.2 Å². The fraction of sp³-hybridized carbons (Fsp3) is 0.457. The van der Waals surface area contributed by atoms with Crippen LogP contribution in [0.4, 0.5) is 10.5 Å². The zero-order chi connectivity index (χ0) is 30.7. The number of nitrogens with zero attached hydrogens (tertiary/aromatic N) is 2. The quantitative estimate of drug-likeness (QED) is 0.261. The molecule has 1 amide bonds. The molecule has 5 rings (SSSR count). The van der Waals surface area contributed by atoms with E-state index < -0.39 is 0 Å². The van der Waals surface area contributed by atoms with Gasteiger partial charge in [0.1, 0.15) is 24.7 Å². The number of piperidine rings is 1. The van der Waals surface area contributed by atoms with Crippen LogP contribution in [0.2, 0.25) is 0 Å². The molecule has 2 aliphatic heterocycles. The van der Waals surface area contributed by atoms with Crippen molar-refractivity contribution >= 4 is 11.8 Å². The van der Waals surface area contributed by atoms with Crippen molar-refractivity contribution in [2.75, 3.05) is 58.5 Å².